The molecule has 250 valence electrons. The van der Waals surface area contributed by atoms with E-state index in [9.17, 15) is 2.74 Å². The van der Waals surface area contributed by atoms with Crippen molar-refractivity contribution in [3.05, 3.63) is 131 Å². The summed E-state index contributed by atoms with van der Waals surface area (Å²) in [6, 6.07) is 36.8. The molecule has 0 amide bonds. The molecule has 0 saturated carbocycles. The average molecular weight is 669 g/mol. The van der Waals surface area contributed by atoms with Gasteiger partial charge in [0.15, 0.2) is 0 Å². The molecule has 6 aromatic carbocycles. The molecule has 0 spiro atoms. The second kappa shape index (κ2) is 11.5. The lowest BCUT2D eigenvalue weighted by molar-refractivity contribution is 0.664. The summed E-state index contributed by atoms with van der Waals surface area (Å²) in [6.07, 6.45) is -3.29. The summed E-state index contributed by atoms with van der Waals surface area (Å²) >= 11 is 0. The lowest BCUT2D eigenvalue weighted by Gasteiger charge is -2.26. The molecule has 0 unspecified atom stereocenters. The average Bonchev–Trinajstić information content (AvgIpc) is 3.86. The molecule has 10 rings (SSSR count). The molecular weight excluding hydrogens is 625 g/mol. The second-order valence-corrected chi connectivity index (χ2v) is 14.4. The van der Waals surface area contributed by atoms with E-state index < -0.39 is 12.7 Å². The number of nitrogens with zero attached hydrogens (tertiary/aromatic N) is 2. The summed E-state index contributed by atoms with van der Waals surface area (Å²) in [5.41, 5.74) is 11.2. The zero-order valence-electron chi connectivity index (χ0n) is 33.2. The highest BCUT2D eigenvalue weighted by molar-refractivity contribution is 6.16. The van der Waals surface area contributed by atoms with Crippen LogP contribution in [0, 0.1) is 0 Å². The van der Waals surface area contributed by atoms with Crippen molar-refractivity contribution in [1.29, 1.82) is 0 Å². The molecule has 0 fully saturated rings. The van der Waals surface area contributed by atoms with E-state index in [2.05, 4.69) is 92.9 Å². The molecular formula is C47H40N2O2. The highest BCUT2D eigenvalue weighted by Crippen LogP contribution is 2.45. The largest absolute Gasteiger partial charge is 0.456 e. The lowest BCUT2D eigenvalue weighted by atomic mass is 9.87. The Labute approximate surface area is 303 Å². The Morgan fingerprint density at radius 3 is 2.10 bits per heavy atom. The highest BCUT2D eigenvalue weighted by Gasteiger charge is 2.28. The van der Waals surface area contributed by atoms with Crippen LogP contribution in [0.4, 0.5) is 0 Å². The van der Waals surface area contributed by atoms with Crippen molar-refractivity contribution < 1.29 is 14.3 Å². The maximum Gasteiger partial charge on any atom is 0.149 e. The predicted molar refractivity (Wildman–Crippen MR) is 211 cm³/mol. The molecule has 9 aromatic rings. The topological polar surface area (TPSA) is 44.1 Å². The minimum atomic E-state index is -1.78. The van der Waals surface area contributed by atoms with Crippen LogP contribution in [0.3, 0.4) is 0 Å². The first kappa shape index (κ1) is 26.2. The SMILES string of the molecule is [2H]C1([2H])CCC([2H])([2H])c2c1ccc1nc(-c3cccc4c3oc3cc5c(cc34)oc3ccccc35)n(-c3c(C(C)C)cc(-c4ccccc4)cc3C(C)C)c21. The molecule has 1 aliphatic carbocycles. The third-order valence-corrected chi connectivity index (χ3v) is 10.5. The van der Waals surface area contributed by atoms with Crippen LogP contribution in [-0.2, 0) is 12.7 Å². The first-order chi connectivity index (χ1) is 26.4. The maximum atomic E-state index is 9.41. The van der Waals surface area contributed by atoms with Crippen LogP contribution in [0.25, 0.3) is 83.1 Å². The number of rotatable bonds is 5. The Morgan fingerprint density at radius 1 is 0.627 bits per heavy atom. The lowest BCUT2D eigenvalue weighted by Crippen LogP contribution is -2.12. The van der Waals surface area contributed by atoms with E-state index in [4.69, 9.17) is 16.6 Å². The van der Waals surface area contributed by atoms with E-state index in [-0.39, 0.29) is 24.7 Å². The van der Waals surface area contributed by atoms with Crippen molar-refractivity contribution in [2.75, 3.05) is 0 Å². The van der Waals surface area contributed by atoms with Crippen LogP contribution in [0.1, 0.15) is 80.1 Å². The van der Waals surface area contributed by atoms with Gasteiger partial charge < -0.3 is 8.83 Å². The molecule has 0 bridgehead atoms. The second-order valence-electron chi connectivity index (χ2n) is 14.4. The molecule has 0 saturated heterocycles. The van der Waals surface area contributed by atoms with E-state index in [0.29, 0.717) is 33.6 Å². The van der Waals surface area contributed by atoms with E-state index >= 15 is 0 Å². The van der Waals surface area contributed by atoms with Gasteiger partial charge in [0.25, 0.3) is 0 Å². The predicted octanol–water partition coefficient (Wildman–Crippen LogP) is 13.3. The molecule has 1 aliphatic rings. The maximum absolute atomic E-state index is 9.41. The number of hydrogen-bond acceptors (Lipinski definition) is 3. The zero-order chi connectivity index (χ0) is 38.0. The van der Waals surface area contributed by atoms with Crippen LogP contribution >= 0.6 is 0 Å². The number of aromatic nitrogens is 2. The molecule has 3 aromatic heterocycles. The van der Waals surface area contributed by atoms with Crippen molar-refractivity contribution in [2.45, 2.75) is 65.1 Å². The van der Waals surface area contributed by atoms with Gasteiger partial charge in [-0.25, -0.2) is 4.98 Å². The molecule has 0 radical (unpaired) electrons. The van der Waals surface area contributed by atoms with Gasteiger partial charge in [0.2, 0.25) is 0 Å². The van der Waals surface area contributed by atoms with Gasteiger partial charge in [-0.1, -0.05) is 94.4 Å². The van der Waals surface area contributed by atoms with Crippen LogP contribution in [0.2, 0.25) is 0 Å². The molecule has 0 atom stereocenters. The van der Waals surface area contributed by atoms with Gasteiger partial charge in [-0.3, -0.25) is 4.57 Å². The van der Waals surface area contributed by atoms with Gasteiger partial charge >= 0.3 is 0 Å². The van der Waals surface area contributed by atoms with Gasteiger partial charge in [-0.15, -0.1) is 0 Å². The summed E-state index contributed by atoms with van der Waals surface area (Å²) in [6.45, 7) is 8.79. The third kappa shape index (κ3) is 4.62. The standard InChI is InChI=1S/C47H40N2O2/c1-27(2)36-23-31(29-13-6-5-7-14-29)24-37(28(3)4)44(36)49-45-32-16-9-8-15-30(32)21-22-40(45)48-47(49)35-19-12-18-34-39-26-42-38(25-43(39)51-46(34)35)33-17-10-11-20-41(33)50-42/h5-7,10-14,17-28H,8-9,15-16H2,1-4H3/i15D2,16D2. The quantitative estimate of drug-likeness (QED) is 0.183. The molecule has 0 N–H and O–H groups in total. The van der Waals surface area contributed by atoms with E-state index in [1.165, 1.54) is 0 Å². The summed E-state index contributed by atoms with van der Waals surface area (Å²) in [5, 5.41) is 3.88. The summed E-state index contributed by atoms with van der Waals surface area (Å²) in [4.78, 5) is 5.36. The fourth-order valence-corrected chi connectivity index (χ4v) is 8.08. The van der Waals surface area contributed by atoms with Gasteiger partial charge in [0, 0.05) is 27.0 Å². The van der Waals surface area contributed by atoms with Gasteiger partial charge in [-0.05, 0) is 113 Å². The zero-order valence-corrected chi connectivity index (χ0v) is 29.2. The number of aryl methyl sites for hydroxylation is 2. The van der Waals surface area contributed by atoms with Crippen LogP contribution < -0.4 is 0 Å². The summed E-state index contributed by atoms with van der Waals surface area (Å²) in [5.74, 6) is 0.813. The Hall–Kier alpha value is -5.61. The normalized spacial score (nSPS) is 16.7. The Kier molecular flexibility index (Phi) is 5.90. The summed E-state index contributed by atoms with van der Waals surface area (Å²) < 4.78 is 52.2. The number of para-hydroxylation sites is 2. The van der Waals surface area contributed by atoms with Crippen molar-refractivity contribution in [3.8, 4) is 28.2 Å². The Bertz CT molecular complexity index is 2980. The number of imidazole rings is 1. The number of benzene rings is 6. The minimum absolute atomic E-state index is 0.0721. The van der Waals surface area contributed by atoms with Crippen molar-refractivity contribution in [1.82, 2.24) is 9.55 Å². The molecule has 0 aliphatic heterocycles. The molecule has 4 nitrogen and oxygen atoms in total. The third-order valence-electron chi connectivity index (χ3n) is 10.5. The van der Waals surface area contributed by atoms with Crippen LogP contribution in [0.15, 0.2) is 118 Å². The number of fused-ring (bicyclic) bond motifs is 9. The highest BCUT2D eigenvalue weighted by atomic mass is 16.3. The van der Waals surface area contributed by atoms with Crippen molar-refractivity contribution in [3.63, 3.8) is 0 Å². The van der Waals surface area contributed by atoms with Gasteiger partial charge in [0.05, 0.1) is 22.3 Å². The van der Waals surface area contributed by atoms with Gasteiger partial charge in [0.1, 0.15) is 28.2 Å². The Morgan fingerprint density at radius 2 is 1.31 bits per heavy atom. The van der Waals surface area contributed by atoms with E-state index in [0.717, 1.165) is 71.8 Å². The van der Waals surface area contributed by atoms with Crippen LogP contribution in [0.5, 0.6) is 0 Å². The van der Waals surface area contributed by atoms with Gasteiger partial charge in [-0.2, -0.15) is 0 Å². The smallest absolute Gasteiger partial charge is 0.149 e. The molecule has 4 heteroatoms. The monoisotopic (exact) mass is 668 g/mol. The Balaban J connectivity index is 1.35. The summed E-state index contributed by atoms with van der Waals surface area (Å²) in [7, 11) is 0. The first-order valence-electron chi connectivity index (χ1n) is 20.0. The van der Waals surface area contributed by atoms with Crippen molar-refractivity contribution >= 4 is 54.9 Å². The number of hydrogen-bond donors (Lipinski definition) is 0. The van der Waals surface area contributed by atoms with E-state index in [1.807, 2.05) is 42.5 Å². The van der Waals surface area contributed by atoms with E-state index in [1.54, 1.807) is 6.07 Å². The number of furan rings is 2. The molecule has 3 heterocycles. The van der Waals surface area contributed by atoms with Crippen molar-refractivity contribution in [2.24, 2.45) is 0 Å². The fraction of sp³-hybridized carbons (Fsp3) is 0.213. The first-order valence-corrected chi connectivity index (χ1v) is 18.0. The minimum Gasteiger partial charge on any atom is -0.456 e. The van der Waals surface area contributed by atoms with Crippen LogP contribution in [-0.4, -0.2) is 9.55 Å². The molecule has 51 heavy (non-hydrogen) atoms. The fourth-order valence-electron chi connectivity index (χ4n) is 8.08.